The van der Waals surface area contributed by atoms with E-state index in [0.29, 0.717) is 21.1 Å². The minimum absolute atomic E-state index is 0.192. The molecule has 172 valence electrons. The third-order valence-corrected chi connectivity index (χ3v) is 7.24. The Hall–Kier alpha value is -3.98. The number of anilines is 1. The Morgan fingerprint density at radius 2 is 1.68 bits per heavy atom. The number of nitrogen functional groups attached to an aromatic ring is 1. The summed E-state index contributed by atoms with van der Waals surface area (Å²) in [5.74, 6) is 0.252. The van der Waals surface area contributed by atoms with Crippen molar-refractivity contribution in [2.24, 2.45) is 0 Å². The van der Waals surface area contributed by atoms with Crippen molar-refractivity contribution in [3.63, 3.8) is 0 Å². The molecule has 4 aromatic rings. The van der Waals surface area contributed by atoms with Gasteiger partial charge in [0.25, 0.3) is 5.91 Å². The molecule has 0 aliphatic carbocycles. The number of hydrogen-bond acceptors (Lipinski definition) is 7. The number of carbonyl (C=O) groups excluding carboxylic acids is 2. The van der Waals surface area contributed by atoms with Gasteiger partial charge in [-0.2, -0.15) is 5.10 Å². The zero-order valence-electron chi connectivity index (χ0n) is 18.7. The van der Waals surface area contributed by atoms with E-state index in [9.17, 15) is 9.59 Å². The molecule has 1 saturated heterocycles. The van der Waals surface area contributed by atoms with Gasteiger partial charge in [-0.3, -0.25) is 4.79 Å². The van der Waals surface area contributed by atoms with Gasteiger partial charge in [0, 0.05) is 5.39 Å². The third kappa shape index (κ3) is 3.73. The number of nitrogens with zero attached hydrogens (tertiary/aromatic N) is 3. The van der Waals surface area contributed by atoms with Crippen LogP contribution in [0.1, 0.15) is 26.5 Å². The van der Waals surface area contributed by atoms with Crippen LogP contribution < -0.4 is 15.8 Å². The van der Waals surface area contributed by atoms with Gasteiger partial charge in [0.2, 0.25) is 0 Å². The van der Waals surface area contributed by atoms with Crippen LogP contribution in [0.15, 0.2) is 60.7 Å². The third-order valence-electron chi connectivity index (χ3n) is 6.16. The van der Waals surface area contributed by atoms with Gasteiger partial charge < -0.3 is 20.7 Å². The smallest absolute Gasteiger partial charge is 0.410 e. The molecule has 0 radical (unpaired) electrons. The lowest BCUT2D eigenvalue weighted by atomic mass is 9.82. The van der Waals surface area contributed by atoms with E-state index in [2.05, 4.69) is 15.5 Å². The van der Waals surface area contributed by atoms with Crippen LogP contribution in [0.3, 0.4) is 0 Å². The standard InChI is InChI=1S/C25H23N5O3S/c1-15-16(2)28-29-22-19(15)20(26)21(34-22)23(31)30-13-25(14-30,17-9-5-3-6-10-17)27-24(32)33-18-11-7-4-8-12-18/h3-12H,13-14,26H2,1-2H3,(H,27,32). The highest BCUT2D eigenvalue weighted by atomic mass is 32.1. The number of benzene rings is 2. The lowest BCUT2D eigenvalue weighted by molar-refractivity contribution is 0.0292. The number of fused-ring (bicyclic) bond motifs is 1. The van der Waals surface area contributed by atoms with Gasteiger partial charge in [0.05, 0.1) is 24.5 Å². The molecule has 0 saturated carbocycles. The second kappa shape index (κ2) is 8.42. The van der Waals surface area contributed by atoms with E-state index in [-0.39, 0.29) is 19.0 Å². The van der Waals surface area contributed by atoms with E-state index < -0.39 is 11.6 Å². The maximum absolute atomic E-state index is 13.4. The van der Waals surface area contributed by atoms with Gasteiger partial charge in [0.1, 0.15) is 21.0 Å². The summed E-state index contributed by atoms with van der Waals surface area (Å²) in [6, 6.07) is 18.4. The van der Waals surface area contributed by atoms with Crippen LogP contribution in [0.4, 0.5) is 10.5 Å². The van der Waals surface area contributed by atoms with Crippen molar-refractivity contribution in [1.29, 1.82) is 0 Å². The Morgan fingerprint density at radius 1 is 1.03 bits per heavy atom. The van der Waals surface area contributed by atoms with E-state index >= 15 is 0 Å². The normalized spacial score (nSPS) is 14.5. The van der Waals surface area contributed by atoms with E-state index in [1.165, 1.54) is 11.3 Å². The molecule has 34 heavy (non-hydrogen) atoms. The number of thiophene rings is 1. The molecule has 1 aliphatic heterocycles. The van der Waals surface area contributed by atoms with Crippen molar-refractivity contribution in [2.45, 2.75) is 19.4 Å². The molecular formula is C25H23N5O3S. The molecule has 0 spiro atoms. The van der Waals surface area contributed by atoms with Crippen molar-refractivity contribution in [3.8, 4) is 5.75 Å². The highest BCUT2D eigenvalue weighted by molar-refractivity contribution is 7.21. The van der Waals surface area contributed by atoms with Crippen molar-refractivity contribution in [3.05, 3.63) is 82.4 Å². The van der Waals surface area contributed by atoms with Gasteiger partial charge in [-0.15, -0.1) is 16.4 Å². The van der Waals surface area contributed by atoms with Gasteiger partial charge in [-0.1, -0.05) is 48.5 Å². The largest absolute Gasteiger partial charge is 0.413 e. The maximum Gasteiger partial charge on any atom is 0.413 e. The SMILES string of the molecule is Cc1nnc2sc(C(=O)N3CC(NC(=O)Oc4ccccc4)(c4ccccc4)C3)c(N)c2c1C. The number of aromatic nitrogens is 2. The number of likely N-dealkylation sites (tertiary alicyclic amines) is 1. The van der Waals surface area contributed by atoms with Crippen LogP contribution in [0, 0.1) is 13.8 Å². The van der Waals surface area contributed by atoms with Gasteiger partial charge in [-0.05, 0) is 37.1 Å². The fourth-order valence-corrected chi connectivity index (χ4v) is 5.27. The lowest BCUT2D eigenvalue weighted by Gasteiger charge is -2.50. The van der Waals surface area contributed by atoms with Crippen molar-refractivity contribution < 1.29 is 14.3 Å². The molecule has 0 atom stereocenters. The summed E-state index contributed by atoms with van der Waals surface area (Å²) in [4.78, 5) is 28.8. The van der Waals surface area contributed by atoms with Crippen LogP contribution in [0.5, 0.6) is 5.75 Å². The molecule has 2 amide bonds. The minimum atomic E-state index is -0.763. The van der Waals surface area contributed by atoms with Gasteiger partial charge in [-0.25, -0.2) is 4.79 Å². The summed E-state index contributed by atoms with van der Waals surface area (Å²) in [6.45, 7) is 4.37. The Bertz CT molecular complexity index is 1380. The zero-order valence-corrected chi connectivity index (χ0v) is 19.6. The van der Waals surface area contributed by atoms with Crippen molar-refractivity contribution >= 4 is 39.2 Å². The summed E-state index contributed by atoms with van der Waals surface area (Å²) >= 11 is 1.24. The summed E-state index contributed by atoms with van der Waals surface area (Å²) in [5.41, 5.74) is 8.64. The second-order valence-corrected chi connectivity index (χ2v) is 9.37. The number of carbonyl (C=O) groups is 2. The molecule has 3 heterocycles. The Kier molecular flexibility index (Phi) is 5.41. The monoisotopic (exact) mass is 473 g/mol. The van der Waals surface area contributed by atoms with E-state index in [4.69, 9.17) is 10.5 Å². The van der Waals surface area contributed by atoms with Crippen molar-refractivity contribution in [2.75, 3.05) is 18.8 Å². The fourth-order valence-electron chi connectivity index (χ4n) is 4.20. The molecule has 8 nitrogen and oxygen atoms in total. The molecule has 0 bridgehead atoms. The number of nitrogens with one attached hydrogen (secondary N) is 1. The molecule has 2 aromatic heterocycles. The Balaban J connectivity index is 1.39. The average Bonchev–Trinajstić information content (AvgIpc) is 3.16. The second-order valence-electron chi connectivity index (χ2n) is 8.37. The predicted octanol–water partition coefficient (Wildman–Crippen LogP) is 4.03. The fraction of sp³-hybridized carbons (Fsp3) is 0.200. The molecule has 3 N–H and O–H groups in total. The number of hydrogen-bond donors (Lipinski definition) is 2. The van der Waals surface area contributed by atoms with Gasteiger partial charge >= 0.3 is 6.09 Å². The molecular weight excluding hydrogens is 450 g/mol. The molecule has 1 fully saturated rings. The first-order valence-corrected chi connectivity index (χ1v) is 11.6. The number of amides is 2. The predicted molar refractivity (Wildman–Crippen MR) is 131 cm³/mol. The number of para-hydroxylation sites is 1. The highest BCUT2D eigenvalue weighted by Gasteiger charge is 2.49. The van der Waals surface area contributed by atoms with Gasteiger partial charge in [0.15, 0.2) is 0 Å². The first-order chi connectivity index (χ1) is 16.4. The Labute approximate surface area is 200 Å². The number of ether oxygens (including phenoxy) is 1. The van der Waals surface area contributed by atoms with Crippen LogP contribution in [-0.2, 0) is 5.54 Å². The average molecular weight is 474 g/mol. The number of aryl methyl sites for hydroxylation is 2. The molecule has 0 unspecified atom stereocenters. The van der Waals surface area contributed by atoms with Crippen molar-refractivity contribution in [1.82, 2.24) is 20.4 Å². The van der Waals surface area contributed by atoms with Crippen LogP contribution in [0.2, 0.25) is 0 Å². The zero-order chi connectivity index (χ0) is 23.9. The van der Waals surface area contributed by atoms with Crippen LogP contribution >= 0.6 is 11.3 Å². The molecule has 9 heteroatoms. The van der Waals surface area contributed by atoms with E-state index in [1.54, 1.807) is 29.2 Å². The molecule has 2 aromatic carbocycles. The Morgan fingerprint density at radius 3 is 2.35 bits per heavy atom. The molecule has 1 aliphatic rings. The first-order valence-electron chi connectivity index (χ1n) is 10.8. The number of nitrogens with two attached hydrogens (primary N) is 1. The summed E-state index contributed by atoms with van der Waals surface area (Å²) in [5, 5.41) is 12.1. The topological polar surface area (TPSA) is 110 Å². The number of rotatable bonds is 4. The highest BCUT2D eigenvalue weighted by Crippen LogP contribution is 2.39. The lowest BCUT2D eigenvalue weighted by Crippen LogP contribution is -2.69. The van der Waals surface area contributed by atoms with Crippen LogP contribution in [-0.4, -0.2) is 40.2 Å². The quantitative estimate of drug-likeness (QED) is 0.463. The summed E-state index contributed by atoms with van der Waals surface area (Å²) in [6.07, 6.45) is -0.579. The summed E-state index contributed by atoms with van der Waals surface area (Å²) < 4.78 is 5.44. The maximum atomic E-state index is 13.4. The van der Waals surface area contributed by atoms with E-state index in [1.807, 2.05) is 50.2 Å². The van der Waals surface area contributed by atoms with Crippen LogP contribution in [0.25, 0.3) is 10.2 Å². The minimum Gasteiger partial charge on any atom is -0.410 e. The molecule has 5 rings (SSSR count). The first kappa shape index (κ1) is 21.8. The summed E-state index contributed by atoms with van der Waals surface area (Å²) in [7, 11) is 0. The van der Waals surface area contributed by atoms with E-state index in [0.717, 1.165) is 22.2 Å².